The number of hydrogen-bond acceptors (Lipinski definition) is 2. The summed E-state index contributed by atoms with van der Waals surface area (Å²) in [4.78, 5) is 10.4. The molecule has 0 aliphatic heterocycles. The first-order valence-corrected chi connectivity index (χ1v) is 20.6. The van der Waals surface area contributed by atoms with Gasteiger partial charge in [-0.3, -0.25) is 0 Å². The fourth-order valence-corrected chi connectivity index (χ4v) is 9.31. The Morgan fingerprint density at radius 1 is 0.300 bits per heavy atom. The van der Waals surface area contributed by atoms with E-state index in [-0.39, 0.29) is 5.41 Å². The minimum atomic E-state index is -0.250. The minimum Gasteiger partial charge on any atom is -0.228 e. The fraction of sp³-hybridized carbons (Fsp3) is 0.0345. The lowest BCUT2D eigenvalue weighted by Gasteiger charge is -2.28. The Labute approximate surface area is 351 Å². The molecule has 0 bridgehead atoms. The van der Waals surface area contributed by atoms with E-state index in [1.165, 1.54) is 66.6 Å². The molecular formula is C58H40N2. The molecule has 1 heterocycles. The first kappa shape index (κ1) is 35.5. The summed E-state index contributed by atoms with van der Waals surface area (Å²) in [7, 11) is 0. The molecule has 0 spiro atoms. The molecule has 0 fully saturated rings. The van der Waals surface area contributed by atoms with Crippen LogP contribution in [0.3, 0.4) is 0 Å². The summed E-state index contributed by atoms with van der Waals surface area (Å²) < 4.78 is 0. The van der Waals surface area contributed by atoms with Crippen molar-refractivity contribution in [1.82, 2.24) is 9.97 Å². The van der Waals surface area contributed by atoms with Gasteiger partial charge in [0, 0.05) is 22.1 Å². The number of rotatable bonds is 7. The molecule has 0 amide bonds. The second kappa shape index (κ2) is 14.6. The fourth-order valence-electron chi connectivity index (χ4n) is 9.31. The van der Waals surface area contributed by atoms with Crippen LogP contribution in [0.15, 0.2) is 224 Å². The molecule has 1 aliphatic carbocycles. The average Bonchev–Trinajstić information content (AvgIpc) is 3.59. The van der Waals surface area contributed by atoms with Gasteiger partial charge in [-0.25, -0.2) is 9.97 Å². The molecule has 1 aliphatic rings. The summed E-state index contributed by atoms with van der Waals surface area (Å²) >= 11 is 0. The van der Waals surface area contributed by atoms with Gasteiger partial charge in [-0.1, -0.05) is 206 Å². The van der Waals surface area contributed by atoms with Gasteiger partial charge in [0.15, 0.2) is 5.82 Å². The third-order valence-corrected chi connectivity index (χ3v) is 12.4. The monoisotopic (exact) mass is 764 g/mol. The average molecular weight is 765 g/mol. The van der Waals surface area contributed by atoms with Crippen molar-refractivity contribution in [2.24, 2.45) is 0 Å². The van der Waals surface area contributed by atoms with Crippen molar-refractivity contribution in [3.63, 3.8) is 0 Å². The normalized spacial score (nSPS) is 14.2. The summed E-state index contributed by atoms with van der Waals surface area (Å²) in [5.74, 6) is 0.705. The molecule has 1 aromatic heterocycles. The van der Waals surface area contributed by atoms with Gasteiger partial charge in [0.2, 0.25) is 0 Å². The zero-order valence-corrected chi connectivity index (χ0v) is 33.3. The Balaban J connectivity index is 1.00. The number of benzene rings is 9. The van der Waals surface area contributed by atoms with E-state index < -0.39 is 0 Å². The summed E-state index contributed by atoms with van der Waals surface area (Å²) in [5, 5.41) is 2.33. The molecule has 282 valence electrons. The highest BCUT2D eigenvalue weighted by Gasteiger charge is 2.40. The van der Waals surface area contributed by atoms with Crippen LogP contribution in [0.5, 0.6) is 0 Å². The minimum absolute atomic E-state index is 0.250. The smallest absolute Gasteiger partial charge is 0.160 e. The molecule has 2 heteroatoms. The molecule has 0 saturated heterocycles. The Bertz CT molecular complexity index is 3190. The Hall–Kier alpha value is -7.68. The van der Waals surface area contributed by atoms with E-state index in [1.54, 1.807) is 0 Å². The first-order valence-electron chi connectivity index (χ1n) is 20.6. The maximum absolute atomic E-state index is 5.24. The molecular weight excluding hydrogens is 725 g/mol. The van der Waals surface area contributed by atoms with Crippen molar-refractivity contribution < 1.29 is 0 Å². The third-order valence-electron chi connectivity index (χ3n) is 12.4. The van der Waals surface area contributed by atoms with Gasteiger partial charge in [0.25, 0.3) is 0 Å². The van der Waals surface area contributed by atoms with E-state index in [0.717, 1.165) is 33.5 Å². The van der Waals surface area contributed by atoms with Gasteiger partial charge in [-0.2, -0.15) is 0 Å². The van der Waals surface area contributed by atoms with E-state index in [9.17, 15) is 0 Å². The van der Waals surface area contributed by atoms with Crippen molar-refractivity contribution in [3.8, 4) is 78.4 Å². The van der Waals surface area contributed by atoms with Crippen molar-refractivity contribution in [3.05, 3.63) is 241 Å². The highest BCUT2D eigenvalue weighted by molar-refractivity contribution is 6.05. The van der Waals surface area contributed by atoms with E-state index in [2.05, 4.69) is 207 Å². The molecule has 0 radical (unpaired) electrons. The van der Waals surface area contributed by atoms with Crippen LogP contribution in [0.25, 0.3) is 89.2 Å². The van der Waals surface area contributed by atoms with Gasteiger partial charge in [-0.15, -0.1) is 0 Å². The Morgan fingerprint density at radius 3 is 1.57 bits per heavy atom. The van der Waals surface area contributed by atoms with E-state index in [0.29, 0.717) is 5.82 Å². The molecule has 60 heavy (non-hydrogen) atoms. The van der Waals surface area contributed by atoms with Crippen molar-refractivity contribution >= 4 is 10.8 Å². The second-order valence-electron chi connectivity index (χ2n) is 15.9. The second-order valence-corrected chi connectivity index (χ2v) is 15.9. The molecule has 0 N–H and O–H groups in total. The third kappa shape index (κ3) is 6.04. The molecule has 10 aromatic rings. The maximum atomic E-state index is 5.24. The summed E-state index contributed by atoms with van der Waals surface area (Å²) in [5.41, 5.74) is 18.4. The van der Waals surface area contributed by atoms with Crippen molar-refractivity contribution in [2.45, 2.75) is 12.3 Å². The van der Waals surface area contributed by atoms with Crippen LogP contribution in [-0.4, -0.2) is 9.97 Å². The zero-order valence-electron chi connectivity index (χ0n) is 33.3. The molecule has 1 unspecified atom stereocenters. The number of hydrogen-bond donors (Lipinski definition) is 0. The quantitative estimate of drug-likeness (QED) is 0.162. The number of aromatic nitrogens is 2. The summed E-state index contributed by atoms with van der Waals surface area (Å²) in [6.07, 6.45) is 0. The lowest BCUT2D eigenvalue weighted by atomic mass is 9.74. The van der Waals surface area contributed by atoms with Crippen LogP contribution in [0.2, 0.25) is 0 Å². The molecule has 1 atom stereocenters. The highest BCUT2D eigenvalue weighted by Crippen LogP contribution is 2.53. The lowest BCUT2D eigenvalue weighted by molar-refractivity contribution is 0.714. The Kier molecular flexibility index (Phi) is 8.64. The van der Waals surface area contributed by atoms with Crippen LogP contribution >= 0.6 is 0 Å². The van der Waals surface area contributed by atoms with Crippen LogP contribution < -0.4 is 0 Å². The predicted octanol–water partition coefficient (Wildman–Crippen LogP) is 15.0. The molecule has 2 nitrogen and oxygen atoms in total. The van der Waals surface area contributed by atoms with Gasteiger partial charge < -0.3 is 0 Å². The SMILES string of the molecule is CC1(c2ccccc2)c2ccccc2-c2ccc(-c3cccc(-c4ccc(-c5cc(-c6ccc(-c7ccccc7)cc6)nc(-c6ccccc6)n5)c5ccccc45)c3)cc21. The standard InChI is InChI=1S/C58H40N2/c1-58(46-22-9-4-10-23-46)53-27-14-13-26-50(53)51-33-32-44(37-54(51)58)43-20-15-21-45(36-43)47-34-35-52(49-25-12-11-24-48(47)49)56-38-55(59-57(60-56)42-18-7-3-8-19-42)41-30-28-40(29-31-41)39-16-5-2-6-17-39/h2-38H,1H3. The van der Waals surface area contributed by atoms with Gasteiger partial charge in [0.05, 0.1) is 11.4 Å². The predicted molar refractivity (Wildman–Crippen MR) is 250 cm³/mol. The van der Waals surface area contributed by atoms with E-state index in [1.807, 2.05) is 24.3 Å². The zero-order chi connectivity index (χ0) is 40.0. The van der Waals surface area contributed by atoms with E-state index >= 15 is 0 Å². The van der Waals surface area contributed by atoms with Gasteiger partial charge >= 0.3 is 0 Å². The largest absolute Gasteiger partial charge is 0.228 e. The summed E-state index contributed by atoms with van der Waals surface area (Å²) in [6.45, 7) is 2.38. The molecule has 11 rings (SSSR count). The Morgan fingerprint density at radius 2 is 0.800 bits per heavy atom. The van der Waals surface area contributed by atoms with Crippen LogP contribution in [0.4, 0.5) is 0 Å². The van der Waals surface area contributed by atoms with Gasteiger partial charge in [0.1, 0.15) is 0 Å². The first-order chi connectivity index (χ1) is 29.6. The van der Waals surface area contributed by atoms with Crippen molar-refractivity contribution in [2.75, 3.05) is 0 Å². The van der Waals surface area contributed by atoms with Crippen molar-refractivity contribution in [1.29, 1.82) is 0 Å². The molecule has 9 aromatic carbocycles. The summed E-state index contributed by atoms with van der Waals surface area (Å²) in [6, 6.07) is 80.7. The van der Waals surface area contributed by atoms with Crippen LogP contribution in [0.1, 0.15) is 23.6 Å². The number of fused-ring (bicyclic) bond motifs is 4. The van der Waals surface area contributed by atoms with Crippen LogP contribution in [0, 0.1) is 0 Å². The number of nitrogens with zero attached hydrogens (tertiary/aromatic N) is 2. The maximum Gasteiger partial charge on any atom is 0.160 e. The lowest BCUT2D eigenvalue weighted by Crippen LogP contribution is -2.22. The highest BCUT2D eigenvalue weighted by atomic mass is 14.9. The molecule has 0 saturated carbocycles. The van der Waals surface area contributed by atoms with Crippen LogP contribution in [-0.2, 0) is 5.41 Å². The van der Waals surface area contributed by atoms with Gasteiger partial charge in [-0.05, 0) is 97.1 Å². The topological polar surface area (TPSA) is 25.8 Å². The van der Waals surface area contributed by atoms with E-state index in [4.69, 9.17) is 9.97 Å².